The number of rotatable bonds is 4. The maximum absolute atomic E-state index is 14.1. The highest BCUT2D eigenvalue weighted by molar-refractivity contribution is 9.11. The van der Waals surface area contributed by atoms with Crippen molar-refractivity contribution in [1.29, 1.82) is 0 Å². The number of allylic oxidation sites excluding steroid dienone is 1. The number of hydrogen-bond acceptors (Lipinski definition) is 6. The molecule has 0 amide bonds. The van der Waals surface area contributed by atoms with Crippen molar-refractivity contribution >= 4 is 66.8 Å². The van der Waals surface area contributed by atoms with Crippen LogP contribution >= 0.6 is 54.8 Å². The maximum atomic E-state index is 14.1. The van der Waals surface area contributed by atoms with Gasteiger partial charge in [0.1, 0.15) is 5.75 Å². The van der Waals surface area contributed by atoms with Gasteiger partial charge in [0.2, 0.25) is 0 Å². The first kappa shape index (κ1) is 26.6. The normalized spacial score (nSPS) is 16.1. The molecular weight excluding hydrogens is 653 g/mol. The molecule has 188 valence electrons. The summed E-state index contributed by atoms with van der Waals surface area (Å²) in [5, 5.41) is 10.7. The molecule has 0 spiro atoms. The zero-order valence-electron chi connectivity index (χ0n) is 18.1. The van der Waals surface area contributed by atoms with Gasteiger partial charge < -0.3 is 9.84 Å². The third-order valence-electron chi connectivity index (χ3n) is 5.12. The fourth-order valence-electron chi connectivity index (χ4n) is 3.64. The Morgan fingerprint density at radius 1 is 1.28 bits per heavy atom. The van der Waals surface area contributed by atoms with Gasteiger partial charge in [0.25, 0.3) is 5.56 Å². The van der Waals surface area contributed by atoms with Gasteiger partial charge in [-0.05, 0) is 58.8 Å². The Labute approximate surface area is 227 Å². The molecule has 0 unspecified atom stereocenters. The molecule has 2 aromatic carbocycles. The van der Waals surface area contributed by atoms with Crippen LogP contribution < -0.4 is 14.9 Å². The standard InChI is InChI=1S/C23H14Br2ClF3N2O4S/c1-2-35-21(34)16-17(10-3-5-13(26)6-4-10)31-20(33)15(36-22(31)30-19(16)23(27,28)29)8-11-7-12(24)9-14(25)18(11)32/h3-9,17,32H,2H2,1H3/b15-8-/t17-/m0/s1. The Balaban J connectivity index is 2.07. The maximum Gasteiger partial charge on any atom is 0.434 e. The molecular formula is C23H14Br2ClF3N2O4S. The Hall–Kier alpha value is -2.41. The number of phenols is 1. The lowest BCUT2D eigenvalue weighted by molar-refractivity contribution is -0.140. The Kier molecular flexibility index (Phi) is 7.52. The van der Waals surface area contributed by atoms with Crippen LogP contribution in [0.4, 0.5) is 13.2 Å². The van der Waals surface area contributed by atoms with Gasteiger partial charge in [0.05, 0.1) is 27.2 Å². The van der Waals surface area contributed by atoms with Crippen LogP contribution in [0.3, 0.4) is 0 Å². The van der Waals surface area contributed by atoms with Gasteiger partial charge in [-0.1, -0.05) is 51.0 Å². The summed E-state index contributed by atoms with van der Waals surface area (Å²) in [6.07, 6.45) is -3.66. The number of carbonyl (C=O) groups is 1. The molecule has 0 saturated heterocycles. The number of carbonyl (C=O) groups excluding carboxylic acids is 1. The molecule has 4 rings (SSSR count). The number of hydrogen-bond donors (Lipinski definition) is 1. The summed E-state index contributed by atoms with van der Waals surface area (Å²) in [4.78, 5) is 29.8. The van der Waals surface area contributed by atoms with Crippen molar-refractivity contribution in [1.82, 2.24) is 4.57 Å². The Morgan fingerprint density at radius 3 is 2.56 bits per heavy atom. The molecule has 6 nitrogen and oxygen atoms in total. The highest BCUT2D eigenvalue weighted by atomic mass is 79.9. The first-order chi connectivity index (χ1) is 16.9. The number of aromatic hydroxyl groups is 1. The van der Waals surface area contributed by atoms with Gasteiger partial charge in [0, 0.05) is 15.1 Å². The number of alkyl halides is 3. The fraction of sp³-hybridized carbons (Fsp3) is 0.174. The molecule has 1 atom stereocenters. The number of nitrogens with zero attached hydrogens (tertiary/aromatic N) is 2. The van der Waals surface area contributed by atoms with Gasteiger partial charge in [-0.25, -0.2) is 9.79 Å². The van der Waals surface area contributed by atoms with E-state index in [0.717, 1.165) is 4.57 Å². The van der Waals surface area contributed by atoms with E-state index in [4.69, 9.17) is 16.3 Å². The third-order valence-corrected chi connectivity index (χ3v) is 7.42. The van der Waals surface area contributed by atoms with E-state index in [1.165, 1.54) is 37.3 Å². The highest BCUT2D eigenvalue weighted by Crippen LogP contribution is 2.38. The number of thiazole rings is 1. The van der Waals surface area contributed by atoms with Crippen LogP contribution in [0.2, 0.25) is 5.02 Å². The van der Waals surface area contributed by atoms with Gasteiger partial charge in [-0.15, -0.1) is 0 Å². The topological polar surface area (TPSA) is 80.9 Å². The summed E-state index contributed by atoms with van der Waals surface area (Å²) in [5.74, 6) is -1.40. The number of phenolic OH excluding ortho intramolecular Hbond substituents is 1. The lowest BCUT2D eigenvalue weighted by Crippen LogP contribution is -2.41. The first-order valence-corrected chi connectivity index (χ1v) is 12.9. The largest absolute Gasteiger partial charge is 0.506 e. The van der Waals surface area contributed by atoms with E-state index < -0.39 is 35.0 Å². The lowest BCUT2D eigenvalue weighted by atomic mass is 9.95. The predicted molar refractivity (Wildman–Crippen MR) is 136 cm³/mol. The van der Waals surface area contributed by atoms with Crippen molar-refractivity contribution in [3.8, 4) is 5.75 Å². The number of halogens is 6. The van der Waals surface area contributed by atoms with Crippen LogP contribution in [0.25, 0.3) is 6.08 Å². The zero-order chi connectivity index (χ0) is 26.4. The average molecular weight is 667 g/mol. The second kappa shape index (κ2) is 10.2. The van der Waals surface area contributed by atoms with E-state index in [1.807, 2.05) is 0 Å². The number of esters is 1. The van der Waals surface area contributed by atoms with Crippen LogP contribution in [-0.2, 0) is 9.53 Å². The first-order valence-electron chi connectivity index (χ1n) is 10.2. The zero-order valence-corrected chi connectivity index (χ0v) is 22.8. The third kappa shape index (κ3) is 5.04. The monoisotopic (exact) mass is 664 g/mol. The van der Waals surface area contributed by atoms with Gasteiger partial charge in [-0.2, -0.15) is 13.2 Å². The number of benzene rings is 2. The smallest absolute Gasteiger partial charge is 0.434 e. The van der Waals surface area contributed by atoms with Crippen molar-refractivity contribution in [2.75, 3.05) is 6.61 Å². The van der Waals surface area contributed by atoms with E-state index in [-0.39, 0.29) is 32.8 Å². The minimum absolute atomic E-state index is 0.000327. The van der Waals surface area contributed by atoms with Gasteiger partial charge in [-0.3, -0.25) is 9.36 Å². The molecule has 0 bridgehead atoms. The molecule has 1 N–H and O–H groups in total. The van der Waals surface area contributed by atoms with Crippen molar-refractivity contribution in [2.24, 2.45) is 4.99 Å². The van der Waals surface area contributed by atoms with E-state index in [9.17, 15) is 27.9 Å². The fourth-order valence-corrected chi connectivity index (χ4v) is 6.01. The quantitative estimate of drug-likeness (QED) is 0.388. The molecule has 1 aromatic heterocycles. The molecule has 0 radical (unpaired) electrons. The summed E-state index contributed by atoms with van der Waals surface area (Å²) in [6, 6.07) is 7.41. The van der Waals surface area contributed by atoms with Crippen LogP contribution in [-0.4, -0.2) is 28.4 Å². The average Bonchev–Trinajstić information content (AvgIpc) is 3.11. The molecule has 1 aliphatic heterocycles. The van der Waals surface area contributed by atoms with E-state index in [1.54, 1.807) is 12.1 Å². The van der Waals surface area contributed by atoms with Gasteiger partial charge in [0.15, 0.2) is 10.5 Å². The number of ether oxygens (including phenoxy) is 1. The molecule has 0 saturated carbocycles. The second-order valence-corrected chi connectivity index (χ2v) is 10.7. The summed E-state index contributed by atoms with van der Waals surface area (Å²) in [6.45, 7) is 1.28. The molecule has 3 aromatic rings. The molecule has 0 aliphatic carbocycles. The van der Waals surface area contributed by atoms with E-state index >= 15 is 0 Å². The van der Waals surface area contributed by atoms with E-state index in [0.29, 0.717) is 25.3 Å². The SMILES string of the molecule is CCOC(=O)C1=C(C(F)(F)F)N=c2s/c(=C\c3cc(Br)cc(Br)c3O)c(=O)n2[C@H]1c1ccc(Cl)cc1. The molecule has 2 heterocycles. The van der Waals surface area contributed by atoms with Gasteiger partial charge >= 0.3 is 12.1 Å². The summed E-state index contributed by atoms with van der Waals surface area (Å²) >= 11 is 13.2. The summed E-state index contributed by atoms with van der Waals surface area (Å²) in [7, 11) is 0. The van der Waals surface area contributed by atoms with E-state index in [2.05, 4.69) is 36.9 Å². The summed E-state index contributed by atoms with van der Waals surface area (Å²) in [5.41, 5.74) is -2.50. The molecule has 0 fully saturated rings. The minimum Gasteiger partial charge on any atom is -0.506 e. The predicted octanol–water partition coefficient (Wildman–Crippen LogP) is 5.22. The second-order valence-electron chi connectivity index (χ2n) is 7.44. The number of aromatic nitrogens is 1. The Bertz CT molecular complexity index is 1580. The van der Waals surface area contributed by atoms with Crippen molar-refractivity contribution < 1.29 is 27.8 Å². The van der Waals surface area contributed by atoms with Crippen LogP contribution in [0.15, 0.2) is 66.4 Å². The molecule has 36 heavy (non-hydrogen) atoms. The lowest BCUT2D eigenvalue weighted by Gasteiger charge is -2.26. The highest BCUT2D eigenvalue weighted by Gasteiger charge is 2.45. The summed E-state index contributed by atoms with van der Waals surface area (Å²) < 4.78 is 49.3. The van der Waals surface area contributed by atoms with Crippen molar-refractivity contribution in [3.05, 3.63) is 92.5 Å². The van der Waals surface area contributed by atoms with Crippen molar-refractivity contribution in [3.63, 3.8) is 0 Å². The molecule has 13 heteroatoms. The molecule has 1 aliphatic rings. The van der Waals surface area contributed by atoms with Crippen LogP contribution in [0, 0.1) is 0 Å². The Morgan fingerprint density at radius 2 is 1.94 bits per heavy atom. The van der Waals surface area contributed by atoms with Crippen molar-refractivity contribution in [2.45, 2.75) is 19.1 Å². The van der Waals surface area contributed by atoms with Crippen LogP contribution in [0.1, 0.15) is 24.1 Å². The van der Waals surface area contributed by atoms with Crippen LogP contribution in [0.5, 0.6) is 5.75 Å². The number of fused-ring (bicyclic) bond motifs is 1. The minimum atomic E-state index is -5.00.